The number of rotatable bonds is 7. The van der Waals surface area contributed by atoms with Gasteiger partial charge >= 0.3 is 0 Å². The first-order valence-electron chi connectivity index (χ1n) is 7.87. The number of nitriles is 1. The van der Waals surface area contributed by atoms with E-state index in [0.717, 1.165) is 25.7 Å². The molecule has 0 aliphatic carbocycles. The van der Waals surface area contributed by atoms with Crippen molar-refractivity contribution in [2.24, 2.45) is 0 Å². The van der Waals surface area contributed by atoms with Crippen LogP contribution in [0.1, 0.15) is 45.6 Å². The molecule has 0 fully saturated rings. The van der Waals surface area contributed by atoms with Crippen LogP contribution in [0.5, 0.6) is 0 Å². The average molecular weight is 304 g/mol. The molecule has 3 heteroatoms. The van der Waals surface area contributed by atoms with E-state index in [2.05, 4.69) is 64.2 Å². The van der Waals surface area contributed by atoms with Crippen molar-refractivity contribution in [1.29, 1.82) is 5.26 Å². The highest BCUT2D eigenvalue weighted by Gasteiger charge is 2.39. The lowest BCUT2D eigenvalue weighted by atomic mass is 10.1. The largest absolute Gasteiger partial charge is 0.401 e. The Balaban J connectivity index is 2.37. The molecule has 0 radical (unpaired) electrons. The fraction of sp³-hybridized carbons (Fsp3) is 0.611. The molecule has 0 heterocycles. The Morgan fingerprint density at radius 1 is 1.14 bits per heavy atom. The summed E-state index contributed by atoms with van der Waals surface area (Å²) in [6, 6.07) is 12.9. The van der Waals surface area contributed by atoms with Crippen molar-refractivity contribution in [3.05, 3.63) is 35.9 Å². The smallest absolute Gasteiger partial charge is 0.193 e. The van der Waals surface area contributed by atoms with Crippen molar-refractivity contribution >= 4 is 8.32 Å². The third kappa shape index (κ3) is 6.03. The summed E-state index contributed by atoms with van der Waals surface area (Å²) in [6.07, 6.45) is 3.83. The summed E-state index contributed by atoms with van der Waals surface area (Å²) in [6.45, 7) is 11.1. The van der Waals surface area contributed by atoms with Gasteiger partial charge in [0, 0.05) is 0 Å². The zero-order valence-electron chi connectivity index (χ0n) is 14.1. The number of hydrogen-bond donors (Lipinski definition) is 0. The predicted molar refractivity (Wildman–Crippen MR) is 91.7 cm³/mol. The summed E-state index contributed by atoms with van der Waals surface area (Å²) in [5.74, 6) is 0. The van der Waals surface area contributed by atoms with E-state index in [1.165, 1.54) is 5.56 Å². The molecule has 1 aromatic rings. The van der Waals surface area contributed by atoms with Gasteiger partial charge in [-0.2, -0.15) is 5.26 Å². The molecule has 2 nitrogen and oxygen atoms in total. The first kappa shape index (κ1) is 17.9. The third-order valence-corrected chi connectivity index (χ3v) is 8.90. The zero-order valence-corrected chi connectivity index (χ0v) is 15.1. The van der Waals surface area contributed by atoms with Gasteiger partial charge in [-0.3, -0.25) is 0 Å². The summed E-state index contributed by atoms with van der Waals surface area (Å²) in [5, 5.41) is 9.48. The Bertz CT molecular complexity index is 456. The Labute approximate surface area is 131 Å². The average Bonchev–Trinajstić information content (AvgIpc) is 2.42. The van der Waals surface area contributed by atoms with Crippen molar-refractivity contribution in [2.75, 3.05) is 0 Å². The van der Waals surface area contributed by atoms with Crippen LogP contribution in [0, 0.1) is 11.3 Å². The molecule has 0 saturated heterocycles. The Kier molecular flexibility index (Phi) is 6.64. The van der Waals surface area contributed by atoms with E-state index < -0.39 is 8.32 Å². The fourth-order valence-corrected chi connectivity index (χ4v) is 3.22. The maximum Gasteiger partial charge on any atom is 0.193 e. The predicted octanol–water partition coefficient (Wildman–Crippen LogP) is 5.31. The summed E-state index contributed by atoms with van der Waals surface area (Å²) in [5.41, 5.74) is 1.37. The van der Waals surface area contributed by atoms with Gasteiger partial charge in [-0.15, -0.1) is 0 Å². The second kappa shape index (κ2) is 7.77. The van der Waals surface area contributed by atoms with E-state index in [0.29, 0.717) is 0 Å². The van der Waals surface area contributed by atoms with Crippen LogP contribution in [0.3, 0.4) is 0 Å². The minimum absolute atomic E-state index is 0.159. The topological polar surface area (TPSA) is 33.0 Å². The highest BCUT2D eigenvalue weighted by atomic mass is 28.4. The molecule has 0 aliphatic heterocycles. The Hall–Kier alpha value is -1.11. The van der Waals surface area contributed by atoms with Gasteiger partial charge < -0.3 is 4.43 Å². The fourth-order valence-electron chi connectivity index (χ4n) is 1.99. The van der Waals surface area contributed by atoms with Crippen LogP contribution in [0.15, 0.2) is 30.3 Å². The third-order valence-electron chi connectivity index (χ3n) is 4.41. The molecule has 0 aliphatic rings. The molecule has 1 aromatic carbocycles. The number of nitrogens with zero attached hydrogens (tertiary/aromatic N) is 1. The van der Waals surface area contributed by atoms with E-state index in [-0.39, 0.29) is 11.1 Å². The molecule has 1 rings (SSSR count). The Morgan fingerprint density at radius 3 is 2.29 bits per heavy atom. The molecule has 0 bridgehead atoms. The quantitative estimate of drug-likeness (QED) is 0.505. The molecule has 21 heavy (non-hydrogen) atoms. The van der Waals surface area contributed by atoms with Crippen LogP contribution in [0.25, 0.3) is 0 Å². The molecule has 0 N–H and O–H groups in total. The zero-order chi connectivity index (χ0) is 15.9. The minimum atomic E-state index is -1.84. The summed E-state index contributed by atoms with van der Waals surface area (Å²) < 4.78 is 6.18. The summed E-state index contributed by atoms with van der Waals surface area (Å²) >= 11 is 0. The highest BCUT2D eigenvalue weighted by molar-refractivity contribution is 6.74. The first-order chi connectivity index (χ1) is 9.76. The van der Waals surface area contributed by atoms with Gasteiger partial charge in [0.1, 0.15) is 6.10 Å². The van der Waals surface area contributed by atoms with Crippen LogP contribution in [0.4, 0.5) is 0 Å². The van der Waals surface area contributed by atoms with Crippen LogP contribution in [-0.4, -0.2) is 14.4 Å². The van der Waals surface area contributed by atoms with Crippen LogP contribution >= 0.6 is 0 Å². The molecular weight excluding hydrogens is 274 g/mol. The molecule has 0 aromatic heterocycles. The maximum absolute atomic E-state index is 9.32. The summed E-state index contributed by atoms with van der Waals surface area (Å²) in [4.78, 5) is 0. The first-order valence-corrected chi connectivity index (χ1v) is 10.8. The van der Waals surface area contributed by atoms with Crippen molar-refractivity contribution in [3.63, 3.8) is 0 Å². The lowest BCUT2D eigenvalue weighted by Gasteiger charge is -2.37. The number of unbranched alkanes of at least 4 members (excludes halogenated alkanes) is 1. The minimum Gasteiger partial charge on any atom is -0.401 e. The van der Waals surface area contributed by atoms with Gasteiger partial charge in [0.2, 0.25) is 0 Å². The molecule has 0 amide bonds. The van der Waals surface area contributed by atoms with Crippen LogP contribution in [-0.2, 0) is 10.8 Å². The van der Waals surface area contributed by atoms with Crippen LogP contribution < -0.4 is 0 Å². The second-order valence-electron chi connectivity index (χ2n) is 7.23. The van der Waals surface area contributed by atoms with Gasteiger partial charge in [-0.1, -0.05) is 51.1 Å². The summed E-state index contributed by atoms with van der Waals surface area (Å²) in [7, 11) is -1.84. The number of aryl methyl sites for hydroxylation is 1. The highest BCUT2D eigenvalue weighted by Crippen LogP contribution is 2.37. The van der Waals surface area contributed by atoms with Crippen molar-refractivity contribution in [1.82, 2.24) is 0 Å². The SMILES string of the molecule is CC(C)(C)[Si](C)(C)OC(C#N)CCCCc1ccccc1. The molecular formula is C18H29NOSi. The van der Waals surface area contributed by atoms with Gasteiger partial charge in [0.05, 0.1) is 6.07 Å². The Morgan fingerprint density at radius 2 is 1.76 bits per heavy atom. The molecule has 0 saturated carbocycles. The number of benzene rings is 1. The lowest BCUT2D eigenvalue weighted by Crippen LogP contribution is -2.43. The van der Waals surface area contributed by atoms with E-state index in [9.17, 15) is 5.26 Å². The van der Waals surface area contributed by atoms with E-state index in [1.807, 2.05) is 6.07 Å². The number of hydrogen-bond acceptors (Lipinski definition) is 2. The monoisotopic (exact) mass is 303 g/mol. The van der Waals surface area contributed by atoms with Crippen molar-refractivity contribution in [3.8, 4) is 6.07 Å². The second-order valence-corrected chi connectivity index (χ2v) is 12.0. The lowest BCUT2D eigenvalue weighted by molar-refractivity contribution is 0.217. The molecule has 116 valence electrons. The van der Waals surface area contributed by atoms with Crippen molar-refractivity contribution in [2.45, 2.75) is 70.7 Å². The van der Waals surface area contributed by atoms with E-state index in [1.54, 1.807) is 0 Å². The van der Waals surface area contributed by atoms with Crippen LogP contribution in [0.2, 0.25) is 18.1 Å². The van der Waals surface area contributed by atoms with E-state index in [4.69, 9.17) is 4.43 Å². The standard InChI is InChI=1S/C18H29NOSi/c1-18(2,3)21(4,5)20-17(15-19)14-10-9-13-16-11-7-6-8-12-16/h6-8,11-12,17H,9-10,13-14H2,1-5H3. The molecule has 0 spiro atoms. The van der Waals surface area contributed by atoms with Crippen molar-refractivity contribution < 1.29 is 4.43 Å². The van der Waals surface area contributed by atoms with Gasteiger partial charge in [0.15, 0.2) is 8.32 Å². The normalized spacial score (nSPS) is 13.7. The van der Waals surface area contributed by atoms with Gasteiger partial charge in [-0.05, 0) is 49.4 Å². The van der Waals surface area contributed by atoms with E-state index >= 15 is 0 Å². The van der Waals surface area contributed by atoms with Gasteiger partial charge in [-0.25, -0.2) is 0 Å². The molecule has 1 unspecified atom stereocenters. The molecule has 1 atom stereocenters. The van der Waals surface area contributed by atoms with Gasteiger partial charge in [0.25, 0.3) is 0 Å². The maximum atomic E-state index is 9.32.